The molecule has 0 radical (unpaired) electrons. The molecule has 0 fully saturated rings. The van der Waals surface area contributed by atoms with Crippen molar-refractivity contribution in [3.05, 3.63) is 88.0 Å². The molecule has 1 N–H and O–H groups in total. The fraction of sp³-hybridized carbons (Fsp3) is 0.405. The molecule has 6 rings (SSSR count). The van der Waals surface area contributed by atoms with Gasteiger partial charge < -0.3 is 24.6 Å². The van der Waals surface area contributed by atoms with Crippen molar-refractivity contribution in [3.8, 4) is 0 Å². The number of nitrogens with zero attached hydrogens (tertiary/aromatic N) is 6. The van der Waals surface area contributed by atoms with Gasteiger partial charge >= 0.3 is 23.0 Å². The second kappa shape index (κ2) is 17.4. The van der Waals surface area contributed by atoms with Gasteiger partial charge in [-0.2, -0.15) is 0 Å². The maximum absolute atomic E-state index is 13.1. The maximum atomic E-state index is 13.1. The van der Waals surface area contributed by atoms with Gasteiger partial charge in [-0.1, -0.05) is 60.4 Å². The number of hydrogen-bond acceptors (Lipinski definition) is 6. The summed E-state index contributed by atoms with van der Waals surface area (Å²) in [6.45, 7) is 16.3. The number of carbonyl (C=O) groups excluding carboxylic acids is 2. The molecule has 1 amide bonds. The van der Waals surface area contributed by atoms with Crippen molar-refractivity contribution in [2.45, 2.75) is 100.0 Å². The first-order valence-electron chi connectivity index (χ1n) is 18.5. The van der Waals surface area contributed by atoms with Crippen molar-refractivity contribution in [1.29, 1.82) is 0 Å². The van der Waals surface area contributed by atoms with Crippen molar-refractivity contribution in [2.24, 2.45) is 0 Å². The first-order chi connectivity index (χ1) is 25.1. The van der Waals surface area contributed by atoms with Gasteiger partial charge in [0.2, 0.25) is 5.91 Å². The van der Waals surface area contributed by atoms with Crippen LogP contribution in [0, 0.1) is 13.8 Å². The van der Waals surface area contributed by atoms with E-state index in [1.54, 1.807) is 12.5 Å². The first-order valence-corrected chi connectivity index (χ1v) is 18.5. The fourth-order valence-electron chi connectivity index (χ4n) is 7.29. The number of aryl methyl sites for hydroxylation is 5. The molecule has 0 atom stereocenters. The molecule has 6 heterocycles. The Hall–Kier alpha value is -4.73. The number of amides is 1. The topological polar surface area (TPSA) is 127 Å². The van der Waals surface area contributed by atoms with Gasteiger partial charge in [-0.3, -0.25) is 9.59 Å². The molecule has 10 nitrogen and oxygen atoms in total. The van der Waals surface area contributed by atoms with E-state index in [0.29, 0.717) is 32.4 Å². The predicted octanol–water partition coefficient (Wildman–Crippen LogP) is 7.70. The first kappa shape index (κ1) is 39.5. The molecule has 278 valence electrons. The quantitative estimate of drug-likeness (QED) is 0.0836. The Morgan fingerprint density at radius 1 is 0.755 bits per heavy atom. The Morgan fingerprint density at radius 3 is 2.00 bits per heavy atom. The molecular formula is C42H49FeN7O3. The summed E-state index contributed by atoms with van der Waals surface area (Å²) in [7, 11) is 0. The van der Waals surface area contributed by atoms with Gasteiger partial charge in [0.1, 0.15) is 0 Å². The number of hydrogen-bond donors (Lipinski definition) is 1. The third kappa shape index (κ3) is 8.58. The third-order valence-electron chi connectivity index (χ3n) is 10.3. The molecule has 0 aliphatic carbocycles. The number of ether oxygens (including phenoxy) is 1. The minimum absolute atomic E-state index is 0. The van der Waals surface area contributed by atoms with E-state index in [9.17, 15) is 9.59 Å². The molecule has 0 saturated heterocycles. The largest absolute Gasteiger partial charge is 2.00 e. The van der Waals surface area contributed by atoms with E-state index in [-0.39, 0.29) is 35.4 Å². The molecule has 11 heteroatoms. The Balaban J connectivity index is 0.00000541. The van der Waals surface area contributed by atoms with Crippen molar-refractivity contribution >= 4 is 56.2 Å². The molecule has 8 bridgehead atoms. The normalized spacial score (nSPS) is 12.7. The summed E-state index contributed by atoms with van der Waals surface area (Å²) in [4.78, 5) is 50.3. The van der Waals surface area contributed by atoms with Crippen molar-refractivity contribution in [1.82, 2.24) is 34.8 Å². The summed E-state index contributed by atoms with van der Waals surface area (Å²) in [5.74, 6) is -0.237. The second-order valence-corrected chi connectivity index (χ2v) is 13.5. The second-order valence-electron chi connectivity index (χ2n) is 13.5. The predicted molar refractivity (Wildman–Crippen MR) is 207 cm³/mol. The zero-order valence-electron chi connectivity index (χ0n) is 31.9. The number of nitrogens with one attached hydrogen (secondary N) is 1. The van der Waals surface area contributed by atoms with Crippen LogP contribution in [0.3, 0.4) is 0 Å². The Bertz CT molecular complexity index is 2220. The van der Waals surface area contributed by atoms with Gasteiger partial charge in [0.05, 0.1) is 35.7 Å². The number of esters is 1. The molecule has 0 aromatic carbocycles. The summed E-state index contributed by atoms with van der Waals surface area (Å²) in [6, 6.07) is 8.29. The van der Waals surface area contributed by atoms with Crippen molar-refractivity contribution < 1.29 is 31.4 Å². The van der Waals surface area contributed by atoms with Crippen LogP contribution in [-0.4, -0.2) is 44.5 Å². The number of imidazole rings is 1. The van der Waals surface area contributed by atoms with Gasteiger partial charge in [-0.15, -0.1) is 22.1 Å². The van der Waals surface area contributed by atoms with E-state index in [1.807, 2.05) is 23.8 Å². The maximum Gasteiger partial charge on any atom is 2.00 e. The van der Waals surface area contributed by atoms with Crippen LogP contribution in [0.2, 0.25) is 0 Å². The van der Waals surface area contributed by atoms with E-state index in [2.05, 4.69) is 70.0 Å². The SMILES string of the molecule is CCOC(=O)CCC1=C(C)c2cc3[n-]c(cc4nc(cc5[n-]c(cc1n2)c(CCC(=O)NCCCn1ccnc1)c5C)C(CC)=C4C)c(CC)c3C.[Fe+2]. The zero-order chi connectivity index (χ0) is 36.9. The van der Waals surface area contributed by atoms with E-state index in [4.69, 9.17) is 24.7 Å². The number of carbonyl (C=O) groups is 2. The van der Waals surface area contributed by atoms with Crippen molar-refractivity contribution in [3.63, 3.8) is 0 Å². The average molecular weight is 756 g/mol. The molecule has 4 aromatic rings. The Labute approximate surface area is 322 Å². The van der Waals surface area contributed by atoms with Crippen LogP contribution < -0.4 is 15.3 Å². The van der Waals surface area contributed by atoms with Crippen LogP contribution in [0.15, 0.2) is 43.0 Å². The number of allylic oxidation sites excluding steroid dienone is 4. The van der Waals surface area contributed by atoms with Gasteiger partial charge in [0.25, 0.3) is 0 Å². The number of rotatable bonds is 13. The Morgan fingerprint density at radius 2 is 1.36 bits per heavy atom. The molecule has 2 aliphatic heterocycles. The summed E-state index contributed by atoms with van der Waals surface area (Å²) in [5, 5.41) is 3.08. The number of aromatic nitrogens is 6. The minimum Gasteiger partial charge on any atom is -0.657 e. The summed E-state index contributed by atoms with van der Waals surface area (Å²) in [5.41, 5.74) is 15.5. The molecule has 4 aromatic heterocycles. The molecule has 53 heavy (non-hydrogen) atoms. The summed E-state index contributed by atoms with van der Waals surface area (Å²) in [6.07, 6.45) is 9.55. The monoisotopic (exact) mass is 755 g/mol. The van der Waals surface area contributed by atoms with Gasteiger partial charge in [-0.05, 0) is 89.0 Å². The van der Waals surface area contributed by atoms with E-state index in [1.165, 1.54) is 11.1 Å². The Kier molecular flexibility index (Phi) is 13.0. The molecule has 0 unspecified atom stereocenters. The molecule has 0 saturated carbocycles. The van der Waals surface area contributed by atoms with Gasteiger partial charge in [-0.25, -0.2) is 15.0 Å². The molecule has 2 aliphatic rings. The molecule has 0 spiro atoms. The van der Waals surface area contributed by atoms with Crippen LogP contribution in [0.25, 0.3) is 44.4 Å². The zero-order valence-corrected chi connectivity index (χ0v) is 33.0. The molecular weight excluding hydrogens is 706 g/mol. The van der Waals surface area contributed by atoms with Gasteiger partial charge in [0, 0.05) is 38.3 Å². The van der Waals surface area contributed by atoms with Crippen molar-refractivity contribution in [2.75, 3.05) is 13.2 Å². The third-order valence-corrected chi connectivity index (χ3v) is 10.3. The smallest absolute Gasteiger partial charge is 0.657 e. The fourth-order valence-corrected chi connectivity index (χ4v) is 7.29. The van der Waals surface area contributed by atoms with Crippen LogP contribution >= 0.6 is 0 Å². The van der Waals surface area contributed by atoms with E-state index in [0.717, 1.165) is 104 Å². The summed E-state index contributed by atoms with van der Waals surface area (Å²) < 4.78 is 7.29. The van der Waals surface area contributed by atoms with Crippen LogP contribution in [0.5, 0.6) is 0 Å². The van der Waals surface area contributed by atoms with Gasteiger partial charge in [0.15, 0.2) is 0 Å². The standard InChI is InChI=1S/C42H50N7O3.Fe/c1-8-29-25(4)33-20-34-28(7)32(13-15-42(51)52-10-3)40(47-34)23-39-31(12-14-41(50)44-16-11-18-49-19-17-43-24-49)27(6)36(48-39)22-38-30(9-2)26(5)35(46-38)21-37(29)45-33;/h17,19-24H,8-16,18H2,1-7H3,(H2-,44,45,46,47,48,50);/q-1;+2/p-1. The minimum atomic E-state index is -0.237. The van der Waals surface area contributed by atoms with Crippen LogP contribution in [0.4, 0.5) is 0 Å². The van der Waals surface area contributed by atoms with E-state index >= 15 is 0 Å². The number of fused-ring (bicyclic) bond motifs is 8. The summed E-state index contributed by atoms with van der Waals surface area (Å²) >= 11 is 0. The van der Waals surface area contributed by atoms with Crippen LogP contribution in [-0.2, 0) is 50.8 Å². The van der Waals surface area contributed by atoms with E-state index < -0.39 is 0 Å². The van der Waals surface area contributed by atoms with Crippen LogP contribution in [0.1, 0.15) is 112 Å². The average Bonchev–Trinajstić information content (AvgIpc) is 3.92.